The molecule has 1 fully saturated rings. The molecular formula is C15H24N2O. The molecule has 1 aromatic heterocycles. The van der Waals surface area contributed by atoms with Crippen LogP contribution < -0.4 is 0 Å². The lowest BCUT2D eigenvalue weighted by molar-refractivity contribution is -0.119. The van der Waals surface area contributed by atoms with Gasteiger partial charge in [-0.15, -0.1) is 0 Å². The van der Waals surface area contributed by atoms with Crippen molar-refractivity contribution in [1.82, 2.24) is 9.78 Å². The molecule has 0 atom stereocenters. The number of ketones is 1. The third-order valence-corrected chi connectivity index (χ3v) is 4.30. The predicted octanol–water partition coefficient (Wildman–Crippen LogP) is 3.12. The molecule has 100 valence electrons. The Morgan fingerprint density at radius 3 is 2.56 bits per heavy atom. The molecule has 0 N–H and O–H groups in total. The van der Waals surface area contributed by atoms with Crippen LogP contribution in [-0.4, -0.2) is 15.6 Å². The first kappa shape index (κ1) is 13.3. The molecule has 0 aliphatic heterocycles. The van der Waals surface area contributed by atoms with Crippen LogP contribution in [0.4, 0.5) is 0 Å². The second kappa shape index (κ2) is 5.68. The fraction of sp³-hybridized carbons (Fsp3) is 0.733. The van der Waals surface area contributed by atoms with Crippen LogP contribution in [0.2, 0.25) is 0 Å². The molecular weight excluding hydrogens is 224 g/mol. The summed E-state index contributed by atoms with van der Waals surface area (Å²) in [5.41, 5.74) is 3.53. The molecule has 0 unspecified atom stereocenters. The van der Waals surface area contributed by atoms with Gasteiger partial charge in [0.15, 0.2) is 0 Å². The van der Waals surface area contributed by atoms with Gasteiger partial charge in [0.25, 0.3) is 0 Å². The molecule has 18 heavy (non-hydrogen) atoms. The zero-order valence-corrected chi connectivity index (χ0v) is 11.8. The summed E-state index contributed by atoms with van der Waals surface area (Å²) in [6.45, 7) is 4.11. The van der Waals surface area contributed by atoms with Crippen LogP contribution in [-0.2, 0) is 18.3 Å². The highest BCUT2D eigenvalue weighted by molar-refractivity contribution is 5.79. The summed E-state index contributed by atoms with van der Waals surface area (Å²) >= 11 is 0. The van der Waals surface area contributed by atoms with Gasteiger partial charge in [-0.25, -0.2) is 0 Å². The van der Waals surface area contributed by atoms with Crippen molar-refractivity contribution in [2.24, 2.45) is 13.0 Å². The maximum absolute atomic E-state index is 12.0. The standard InChI is InChI=1S/C15H24N2O/c1-11-15(12(2)17(3)16-11)9-8-14(18)10-13-6-4-5-7-13/h13H,4-10H2,1-3H3. The van der Waals surface area contributed by atoms with E-state index in [2.05, 4.69) is 12.0 Å². The van der Waals surface area contributed by atoms with Gasteiger partial charge in [-0.05, 0) is 31.7 Å². The average Bonchev–Trinajstić information content (AvgIpc) is 2.88. The molecule has 0 bridgehead atoms. The van der Waals surface area contributed by atoms with Crippen molar-refractivity contribution in [3.63, 3.8) is 0 Å². The number of nitrogens with zero attached hydrogens (tertiary/aromatic N) is 2. The van der Waals surface area contributed by atoms with Crippen LogP contribution >= 0.6 is 0 Å². The first-order valence-electron chi connectivity index (χ1n) is 7.08. The molecule has 0 spiro atoms. The fourth-order valence-corrected chi connectivity index (χ4v) is 3.08. The first-order chi connectivity index (χ1) is 8.58. The number of Topliss-reactive ketones (excluding diaryl/α,β-unsaturated/α-hetero) is 1. The second-order valence-corrected chi connectivity index (χ2v) is 5.67. The van der Waals surface area contributed by atoms with Crippen LogP contribution in [0, 0.1) is 19.8 Å². The first-order valence-corrected chi connectivity index (χ1v) is 7.08. The van der Waals surface area contributed by atoms with E-state index in [1.165, 1.54) is 36.9 Å². The summed E-state index contributed by atoms with van der Waals surface area (Å²) in [7, 11) is 1.96. The van der Waals surface area contributed by atoms with Crippen molar-refractivity contribution < 1.29 is 4.79 Å². The van der Waals surface area contributed by atoms with Gasteiger partial charge < -0.3 is 0 Å². The SMILES string of the molecule is Cc1nn(C)c(C)c1CCC(=O)CC1CCCC1. The fourth-order valence-electron chi connectivity index (χ4n) is 3.08. The largest absolute Gasteiger partial charge is 0.300 e. The quantitative estimate of drug-likeness (QED) is 0.802. The molecule has 1 saturated carbocycles. The van der Waals surface area contributed by atoms with E-state index in [1.54, 1.807) is 0 Å². The van der Waals surface area contributed by atoms with E-state index in [4.69, 9.17) is 0 Å². The normalized spacial score (nSPS) is 16.4. The van der Waals surface area contributed by atoms with Crippen molar-refractivity contribution in [1.29, 1.82) is 0 Å². The van der Waals surface area contributed by atoms with Gasteiger partial charge >= 0.3 is 0 Å². The number of aromatic nitrogens is 2. The summed E-state index contributed by atoms with van der Waals surface area (Å²) in [5.74, 6) is 1.11. The molecule has 0 radical (unpaired) electrons. The summed E-state index contributed by atoms with van der Waals surface area (Å²) < 4.78 is 1.91. The smallest absolute Gasteiger partial charge is 0.133 e. The van der Waals surface area contributed by atoms with Crippen LogP contribution in [0.25, 0.3) is 0 Å². The molecule has 1 heterocycles. The molecule has 1 aliphatic rings. The van der Waals surface area contributed by atoms with Crippen molar-refractivity contribution in [2.45, 2.75) is 58.8 Å². The molecule has 3 nitrogen and oxygen atoms in total. The Bertz CT molecular complexity index is 428. The summed E-state index contributed by atoms with van der Waals surface area (Å²) in [6.07, 6.45) is 7.50. The number of hydrogen-bond donors (Lipinski definition) is 0. The van der Waals surface area contributed by atoms with Crippen molar-refractivity contribution >= 4 is 5.78 Å². The topological polar surface area (TPSA) is 34.9 Å². The highest BCUT2D eigenvalue weighted by Gasteiger charge is 2.19. The second-order valence-electron chi connectivity index (χ2n) is 5.67. The van der Waals surface area contributed by atoms with Gasteiger partial charge in [0, 0.05) is 25.6 Å². The van der Waals surface area contributed by atoms with Gasteiger partial charge in [0.05, 0.1) is 5.69 Å². The van der Waals surface area contributed by atoms with Crippen molar-refractivity contribution in [3.8, 4) is 0 Å². The van der Waals surface area contributed by atoms with Crippen LogP contribution in [0.3, 0.4) is 0 Å². The predicted molar refractivity (Wildman–Crippen MR) is 72.6 cm³/mol. The minimum absolute atomic E-state index is 0.435. The molecule has 3 heteroatoms. The third kappa shape index (κ3) is 3.01. The summed E-state index contributed by atoms with van der Waals surface area (Å²) in [4.78, 5) is 12.0. The van der Waals surface area contributed by atoms with Gasteiger partial charge in [-0.1, -0.05) is 25.7 Å². The summed E-state index contributed by atoms with van der Waals surface area (Å²) in [6, 6.07) is 0. The number of aryl methyl sites for hydroxylation is 2. The maximum atomic E-state index is 12.0. The van der Waals surface area contributed by atoms with E-state index in [1.807, 2.05) is 18.7 Å². The molecule has 1 aromatic rings. The number of carbonyl (C=O) groups is 1. The van der Waals surface area contributed by atoms with Crippen molar-refractivity contribution in [2.75, 3.05) is 0 Å². The van der Waals surface area contributed by atoms with E-state index in [0.29, 0.717) is 18.1 Å². The number of carbonyl (C=O) groups excluding carboxylic acids is 1. The van der Waals surface area contributed by atoms with Crippen LogP contribution in [0.15, 0.2) is 0 Å². The molecule has 2 rings (SSSR count). The zero-order valence-electron chi connectivity index (χ0n) is 11.8. The highest BCUT2D eigenvalue weighted by atomic mass is 16.1. The minimum Gasteiger partial charge on any atom is -0.300 e. The molecule has 0 aromatic carbocycles. The van der Waals surface area contributed by atoms with E-state index < -0.39 is 0 Å². The minimum atomic E-state index is 0.435. The van der Waals surface area contributed by atoms with E-state index >= 15 is 0 Å². The maximum Gasteiger partial charge on any atom is 0.133 e. The van der Waals surface area contributed by atoms with Crippen molar-refractivity contribution in [3.05, 3.63) is 17.0 Å². The van der Waals surface area contributed by atoms with Gasteiger partial charge in [0.2, 0.25) is 0 Å². The Morgan fingerprint density at radius 1 is 1.33 bits per heavy atom. The lowest BCUT2D eigenvalue weighted by Gasteiger charge is -2.07. The van der Waals surface area contributed by atoms with Crippen LogP contribution in [0.5, 0.6) is 0 Å². The summed E-state index contributed by atoms with van der Waals surface area (Å²) in [5, 5.41) is 4.40. The average molecular weight is 248 g/mol. The number of hydrogen-bond acceptors (Lipinski definition) is 2. The Balaban J connectivity index is 1.85. The number of rotatable bonds is 5. The lowest BCUT2D eigenvalue weighted by atomic mass is 9.97. The monoisotopic (exact) mass is 248 g/mol. The Hall–Kier alpha value is -1.12. The van der Waals surface area contributed by atoms with E-state index in [9.17, 15) is 4.79 Å². The van der Waals surface area contributed by atoms with Crippen LogP contribution in [0.1, 0.15) is 55.5 Å². The molecule has 0 saturated heterocycles. The Morgan fingerprint density at radius 2 is 2.00 bits per heavy atom. The zero-order chi connectivity index (χ0) is 13.1. The van der Waals surface area contributed by atoms with Gasteiger partial charge in [-0.3, -0.25) is 9.48 Å². The molecule has 1 aliphatic carbocycles. The third-order valence-electron chi connectivity index (χ3n) is 4.30. The molecule has 0 amide bonds. The Labute approximate surface area is 110 Å². The van der Waals surface area contributed by atoms with Gasteiger partial charge in [-0.2, -0.15) is 5.10 Å². The van der Waals surface area contributed by atoms with E-state index in [0.717, 1.165) is 18.5 Å². The lowest BCUT2D eigenvalue weighted by Crippen LogP contribution is -2.07. The van der Waals surface area contributed by atoms with E-state index in [-0.39, 0.29) is 0 Å². The van der Waals surface area contributed by atoms with Gasteiger partial charge in [0.1, 0.15) is 5.78 Å². The Kier molecular flexibility index (Phi) is 4.20. The highest BCUT2D eigenvalue weighted by Crippen LogP contribution is 2.28.